The number of likely N-dealkylation sites (tertiary alicyclic amines) is 1. The number of anilines is 1. The van der Waals surface area contributed by atoms with E-state index in [1.807, 2.05) is 37.3 Å². The van der Waals surface area contributed by atoms with Crippen LogP contribution in [0.2, 0.25) is 0 Å². The lowest BCUT2D eigenvalue weighted by Gasteiger charge is -2.30. The number of rotatable bonds is 7. The van der Waals surface area contributed by atoms with Crippen molar-refractivity contribution in [2.24, 2.45) is 5.92 Å². The fourth-order valence-electron chi connectivity index (χ4n) is 3.77. The third-order valence-electron chi connectivity index (χ3n) is 5.32. The SMILES string of the molecule is CCCNC(=O)c1ccccc1NC(=O)c1ccc(CN2CCC[C@H](C)C2)cc1. The molecule has 0 spiro atoms. The fraction of sp³-hybridized carbons (Fsp3) is 0.417. The van der Waals surface area contributed by atoms with Crippen LogP contribution in [0.15, 0.2) is 48.5 Å². The van der Waals surface area contributed by atoms with Gasteiger partial charge in [-0.3, -0.25) is 14.5 Å². The lowest BCUT2D eigenvalue weighted by Crippen LogP contribution is -2.33. The maximum absolute atomic E-state index is 12.7. The topological polar surface area (TPSA) is 61.4 Å². The minimum atomic E-state index is -0.209. The third-order valence-corrected chi connectivity index (χ3v) is 5.32. The summed E-state index contributed by atoms with van der Waals surface area (Å²) in [7, 11) is 0. The minimum Gasteiger partial charge on any atom is -0.352 e. The molecule has 2 N–H and O–H groups in total. The molecule has 0 aliphatic carbocycles. The van der Waals surface area contributed by atoms with E-state index in [1.54, 1.807) is 18.2 Å². The lowest BCUT2D eigenvalue weighted by molar-refractivity contribution is 0.0954. The molecule has 5 heteroatoms. The van der Waals surface area contributed by atoms with Gasteiger partial charge in [0, 0.05) is 25.2 Å². The van der Waals surface area contributed by atoms with Gasteiger partial charge in [-0.05, 0) is 61.6 Å². The molecule has 1 saturated heterocycles. The lowest BCUT2D eigenvalue weighted by atomic mass is 9.99. The molecule has 0 aromatic heterocycles. The molecule has 5 nitrogen and oxygen atoms in total. The van der Waals surface area contributed by atoms with Gasteiger partial charge in [0.05, 0.1) is 11.3 Å². The van der Waals surface area contributed by atoms with E-state index in [9.17, 15) is 9.59 Å². The Morgan fingerprint density at radius 1 is 1.07 bits per heavy atom. The van der Waals surface area contributed by atoms with Gasteiger partial charge in [-0.15, -0.1) is 0 Å². The van der Waals surface area contributed by atoms with Crippen molar-refractivity contribution in [1.29, 1.82) is 0 Å². The van der Waals surface area contributed by atoms with Crippen LogP contribution in [0.3, 0.4) is 0 Å². The van der Waals surface area contributed by atoms with Gasteiger partial charge >= 0.3 is 0 Å². The Bertz CT molecular complexity index is 832. The van der Waals surface area contributed by atoms with Crippen molar-refractivity contribution in [2.75, 3.05) is 25.0 Å². The van der Waals surface area contributed by atoms with Gasteiger partial charge in [0.25, 0.3) is 11.8 Å². The monoisotopic (exact) mass is 393 g/mol. The fourth-order valence-corrected chi connectivity index (χ4v) is 3.77. The molecule has 0 unspecified atom stereocenters. The molecule has 0 bridgehead atoms. The first-order chi connectivity index (χ1) is 14.1. The maximum atomic E-state index is 12.7. The summed E-state index contributed by atoms with van der Waals surface area (Å²) in [6, 6.07) is 14.9. The number of nitrogens with one attached hydrogen (secondary N) is 2. The number of carbonyl (C=O) groups excluding carboxylic acids is 2. The van der Waals surface area contributed by atoms with Gasteiger partial charge in [-0.1, -0.05) is 38.1 Å². The highest BCUT2D eigenvalue weighted by atomic mass is 16.2. The zero-order chi connectivity index (χ0) is 20.6. The average Bonchev–Trinajstić information content (AvgIpc) is 2.73. The number of carbonyl (C=O) groups is 2. The highest BCUT2D eigenvalue weighted by Crippen LogP contribution is 2.19. The van der Waals surface area contributed by atoms with E-state index < -0.39 is 0 Å². The third kappa shape index (κ3) is 5.91. The van der Waals surface area contributed by atoms with Crippen LogP contribution in [0, 0.1) is 5.92 Å². The van der Waals surface area contributed by atoms with Crippen molar-refractivity contribution in [3.8, 4) is 0 Å². The molecule has 2 aromatic rings. The Hall–Kier alpha value is -2.66. The Balaban J connectivity index is 1.63. The Labute approximate surface area is 173 Å². The van der Waals surface area contributed by atoms with Gasteiger partial charge in [0.1, 0.15) is 0 Å². The van der Waals surface area contributed by atoms with Crippen LogP contribution in [0.1, 0.15) is 59.4 Å². The van der Waals surface area contributed by atoms with Crippen LogP contribution < -0.4 is 10.6 Å². The van der Waals surface area contributed by atoms with Crippen LogP contribution in [0.4, 0.5) is 5.69 Å². The molecule has 154 valence electrons. The summed E-state index contributed by atoms with van der Waals surface area (Å²) in [5.74, 6) is 0.371. The van der Waals surface area contributed by atoms with Crippen LogP contribution in [-0.2, 0) is 6.54 Å². The molecule has 3 rings (SSSR count). The predicted molar refractivity (Wildman–Crippen MR) is 117 cm³/mol. The highest BCUT2D eigenvalue weighted by molar-refractivity contribution is 6.09. The highest BCUT2D eigenvalue weighted by Gasteiger charge is 2.17. The Morgan fingerprint density at radius 2 is 1.83 bits per heavy atom. The summed E-state index contributed by atoms with van der Waals surface area (Å²) in [4.78, 5) is 27.5. The molecule has 1 fully saturated rings. The van der Waals surface area contributed by atoms with Gasteiger partial charge in [0.15, 0.2) is 0 Å². The quantitative estimate of drug-likeness (QED) is 0.737. The summed E-state index contributed by atoms with van der Waals surface area (Å²) in [5.41, 5.74) is 2.81. The van der Waals surface area contributed by atoms with E-state index >= 15 is 0 Å². The Kier molecular flexibility index (Phi) is 7.42. The first kappa shape index (κ1) is 21.1. The van der Waals surface area contributed by atoms with Crippen molar-refractivity contribution in [3.05, 3.63) is 65.2 Å². The zero-order valence-electron chi connectivity index (χ0n) is 17.4. The molecular formula is C24H31N3O2. The first-order valence-corrected chi connectivity index (χ1v) is 10.6. The molecular weight excluding hydrogens is 362 g/mol. The van der Waals surface area contributed by atoms with E-state index in [0.29, 0.717) is 23.4 Å². The number of nitrogens with zero attached hydrogens (tertiary/aromatic N) is 1. The van der Waals surface area contributed by atoms with Crippen LogP contribution in [0.25, 0.3) is 0 Å². The molecule has 0 radical (unpaired) electrons. The molecule has 1 aliphatic rings. The largest absolute Gasteiger partial charge is 0.352 e. The van der Waals surface area contributed by atoms with Crippen molar-refractivity contribution < 1.29 is 9.59 Å². The molecule has 29 heavy (non-hydrogen) atoms. The maximum Gasteiger partial charge on any atom is 0.255 e. The van der Waals surface area contributed by atoms with Crippen molar-refractivity contribution in [2.45, 2.75) is 39.7 Å². The number of piperidine rings is 1. The van der Waals surface area contributed by atoms with Gasteiger partial charge < -0.3 is 10.6 Å². The number of benzene rings is 2. The van der Waals surface area contributed by atoms with Gasteiger partial charge in [-0.2, -0.15) is 0 Å². The Morgan fingerprint density at radius 3 is 2.55 bits per heavy atom. The van der Waals surface area contributed by atoms with Crippen LogP contribution in [-0.4, -0.2) is 36.3 Å². The van der Waals surface area contributed by atoms with E-state index in [2.05, 4.69) is 22.5 Å². The van der Waals surface area contributed by atoms with Crippen molar-refractivity contribution in [1.82, 2.24) is 10.2 Å². The first-order valence-electron chi connectivity index (χ1n) is 10.6. The van der Waals surface area contributed by atoms with Gasteiger partial charge in [-0.25, -0.2) is 0 Å². The number of hydrogen-bond donors (Lipinski definition) is 2. The second-order valence-corrected chi connectivity index (χ2v) is 7.94. The van der Waals surface area contributed by atoms with E-state index in [0.717, 1.165) is 32.0 Å². The number of amides is 2. The normalized spacial score (nSPS) is 17.0. The molecule has 1 atom stereocenters. The van der Waals surface area contributed by atoms with E-state index in [1.165, 1.54) is 18.4 Å². The van der Waals surface area contributed by atoms with Gasteiger partial charge in [0.2, 0.25) is 0 Å². The van der Waals surface area contributed by atoms with Crippen molar-refractivity contribution >= 4 is 17.5 Å². The molecule has 1 heterocycles. The van der Waals surface area contributed by atoms with Crippen LogP contribution >= 0.6 is 0 Å². The number of para-hydroxylation sites is 1. The summed E-state index contributed by atoms with van der Waals surface area (Å²) in [6.45, 7) is 8.12. The standard InChI is InChI=1S/C24H31N3O2/c1-3-14-25-24(29)21-8-4-5-9-22(21)26-23(28)20-12-10-19(11-13-20)17-27-15-6-7-18(2)16-27/h4-5,8-13,18H,3,6-7,14-17H2,1-2H3,(H,25,29)(H,26,28)/t18-/m0/s1. The molecule has 2 aromatic carbocycles. The summed E-state index contributed by atoms with van der Waals surface area (Å²) in [6.07, 6.45) is 3.43. The molecule has 2 amide bonds. The number of hydrogen-bond acceptors (Lipinski definition) is 3. The second kappa shape index (κ2) is 10.2. The minimum absolute atomic E-state index is 0.172. The molecule has 0 saturated carbocycles. The van der Waals surface area contributed by atoms with Crippen LogP contribution in [0.5, 0.6) is 0 Å². The van der Waals surface area contributed by atoms with E-state index in [-0.39, 0.29) is 11.8 Å². The van der Waals surface area contributed by atoms with E-state index in [4.69, 9.17) is 0 Å². The smallest absolute Gasteiger partial charge is 0.255 e. The average molecular weight is 394 g/mol. The second-order valence-electron chi connectivity index (χ2n) is 7.94. The zero-order valence-corrected chi connectivity index (χ0v) is 17.4. The molecule has 1 aliphatic heterocycles. The summed E-state index contributed by atoms with van der Waals surface area (Å²) in [5, 5.41) is 5.74. The van der Waals surface area contributed by atoms with Crippen molar-refractivity contribution in [3.63, 3.8) is 0 Å². The summed E-state index contributed by atoms with van der Waals surface area (Å²) < 4.78 is 0. The predicted octanol–water partition coefficient (Wildman–Crippen LogP) is 4.31. The summed E-state index contributed by atoms with van der Waals surface area (Å²) >= 11 is 0.